The monoisotopic (exact) mass is 652 g/mol. The van der Waals surface area contributed by atoms with Crippen molar-refractivity contribution >= 4 is 45.7 Å². The van der Waals surface area contributed by atoms with Crippen molar-refractivity contribution in [3.05, 3.63) is 57.0 Å². The van der Waals surface area contributed by atoms with E-state index in [1.807, 2.05) is 27.7 Å². The molecule has 2 aromatic carbocycles. The molecule has 0 saturated carbocycles. The molecular weight excluding hydrogens is 600 g/mol. The molecule has 4 heterocycles. The van der Waals surface area contributed by atoms with Gasteiger partial charge in [-0.1, -0.05) is 27.7 Å². The van der Waals surface area contributed by atoms with E-state index in [0.29, 0.717) is 22.3 Å². The number of carbonyl (C=O) groups is 2. The number of benzene rings is 2. The maximum Gasteiger partial charge on any atom is 0.227 e. The number of carbonyl (C=O) groups excluding carboxylic acids is 2. The third-order valence-corrected chi connectivity index (χ3v) is 11.7. The molecule has 0 radical (unpaired) electrons. The van der Waals surface area contributed by atoms with Gasteiger partial charge in [0.1, 0.15) is 11.5 Å². The summed E-state index contributed by atoms with van der Waals surface area (Å²) < 4.78 is 0. The Morgan fingerprint density at radius 2 is 0.979 bits per heavy atom. The number of nitrogens with one attached hydrogen (secondary N) is 2. The summed E-state index contributed by atoms with van der Waals surface area (Å²) in [6.45, 7) is 12.2. The largest absolute Gasteiger partial charge is 0.506 e. The third-order valence-electron chi connectivity index (χ3n) is 11.7. The van der Waals surface area contributed by atoms with Crippen LogP contribution in [0.25, 0.3) is 11.1 Å². The first-order valence-corrected chi connectivity index (χ1v) is 18.7. The van der Waals surface area contributed by atoms with Crippen molar-refractivity contribution in [3.63, 3.8) is 0 Å². The fourth-order valence-corrected chi connectivity index (χ4v) is 9.09. The molecule has 0 aromatic heterocycles. The van der Waals surface area contributed by atoms with Crippen LogP contribution in [0.3, 0.4) is 0 Å². The van der Waals surface area contributed by atoms with Crippen molar-refractivity contribution in [3.8, 4) is 0 Å². The van der Waals surface area contributed by atoms with Gasteiger partial charge in [-0.05, 0) is 111 Å². The molecule has 0 atom stereocenters. The minimum absolute atomic E-state index is 0.0155. The van der Waals surface area contributed by atoms with Gasteiger partial charge in [0.2, 0.25) is 11.8 Å². The average molecular weight is 653 g/mol. The number of rotatable bonds is 10. The number of allylic oxidation sites excluding steroid dienone is 2. The van der Waals surface area contributed by atoms with Gasteiger partial charge in [0.05, 0.1) is 22.5 Å². The number of amides is 2. The second-order valence-corrected chi connectivity index (χ2v) is 14.4. The van der Waals surface area contributed by atoms with Gasteiger partial charge in [-0.25, -0.2) is 0 Å². The Morgan fingerprint density at radius 1 is 0.625 bits per heavy atom. The van der Waals surface area contributed by atoms with Gasteiger partial charge in [-0.3, -0.25) is 9.59 Å². The SMILES string of the molecule is CCC(CC)C(=O)Nc1c(C2=C(O)C(c3cc4c5c(c3NC(=O)C(CC)CC)CCCN5CCC4)=C2O)cc2c3c1CCCN3CCC2. The second-order valence-electron chi connectivity index (χ2n) is 14.4. The molecule has 4 aliphatic heterocycles. The molecule has 0 fully saturated rings. The Balaban J connectivity index is 1.37. The Morgan fingerprint density at radius 3 is 1.33 bits per heavy atom. The maximum absolute atomic E-state index is 13.6. The summed E-state index contributed by atoms with van der Waals surface area (Å²) in [7, 11) is 0. The number of nitrogens with zero attached hydrogens (tertiary/aromatic N) is 2. The normalized spacial score (nSPS) is 18.2. The molecule has 0 unspecified atom stereocenters. The Kier molecular flexibility index (Phi) is 8.94. The first kappa shape index (κ1) is 32.6. The predicted octanol–water partition coefficient (Wildman–Crippen LogP) is 8.09. The highest BCUT2D eigenvalue weighted by atomic mass is 16.3. The number of aliphatic hydroxyl groups is 2. The van der Waals surface area contributed by atoms with E-state index in [9.17, 15) is 19.8 Å². The molecule has 8 nitrogen and oxygen atoms in total. The van der Waals surface area contributed by atoms with Gasteiger partial charge in [0.25, 0.3) is 0 Å². The average Bonchev–Trinajstić information content (AvgIpc) is 3.09. The fourth-order valence-electron chi connectivity index (χ4n) is 9.09. The summed E-state index contributed by atoms with van der Waals surface area (Å²) in [4.78, 5) is 32.1. The lowest BCUT2D eigenvalue weighted by Gasteiger charge is -2.40. The molecule has 256 valence electrons. The standard InChI is InChI=1S/C40H52N4O4/c1-5-23(6-2)39(47)41-33-27-15-11-19-43-17-9-13-25(35(27)43)21-29(33)31-37(45)32(38(31)46)30-22-26-14-10-18-44-20-12-16-28(36(26)44)34(30)42-40(48)24(7-3)8-4/h21-24,45-46H,5-20H2,1-4H3,(H,41,47)(H,42,48). The highest BCUT2D eigenvalue weighted by Crippen LogP contribution is 2.53. The molecule has 8 heteroatoms. The van der Waals surface area contributed by atoms with Crippen molar-refractivity contribution in [2.24, 2.45) is 11.8 Å². The zero-order valence-corrected chi connectivity index (χ0v) is 29.2. The van der Waals surface area contributed by atoms with E-state index in [1.165, 1.54) is 22.5 Å². The molecule has 2 aromatic rings. The molecule has 1 aliphatic carbocycles. The van der Waals surface area contributed by atoms with Gasteiger partial charge in [0, 0.05) is 60.5 Å². The second kappa shape index (κ2) is 13.2. The molecule has 4 N–H and O–H groups in total. The smallest absolute Gasteiger partial charge is 0.227 e. The number of hydrogen-bond acceptors (Lipinski definition) is 6. The predicted molar refractivity (Wildman–Crippen MR) is 195 cm³/mol. The van der Waals surface area contributed by atoms with Crippen LogP contribution in [0, 0.1) is 11.8 Å². The third kappa shape index (κ3) is 5.26. The summed E-state index contributed by atoms with van der Waals surface area (Å²) in [5.74, 6) is -0.212. The quantitative estimate of drug-likeness (QED) is 0.207. The van der Waals surface area contributed by atoms with Gasteiger partial charge in [0.15, 0.2) is 0 Å². The summed E-state index contributed by atoms with van der Waals surface area (Å²) in [5.41, 5.74) is 10.7. The van der Waals surface area contributed by atoms with Crippen molar-refractivity contribution in [2.75, 3.05) is 46.6 Å². The minimum atomic E-state index is -0.113. The van der Waals surface area contributed by atoms with Crippen LogP contribution in [0.2, 0.25) is 0 Å². The van der Waals surface area contributed by atoms with E-state index in [1.54, 1.807) is 0 Å². The zero-order valence-electron chi connectivity index (χ0n) is 29.2. The van der Waals surface area contributed by atoms with Crippen LogP contribution in [-0.2, 0) is 35.3 Å². The molecular formula is C40H52N4O4. The van der Waals surface area contributed by atoms with Crippen molar-refractivity contribution in [1.82, 2.24) is 0 Å². The Bertz CT molecular complexity index is 1570. The molecule has 0 bridgehead atoms. The zero-order chi connectivity index (χ0) is 33.7. The number of anilines is 4. The Labute approximate surface area is 285 Å². The topological polar surface area (TPSA) is 105 Å². The first-order valence-electron chi connectivity index (χ1n) is 18.7. The summed E-state index contributed by atoms with van der Waals surface area (Å²) in [5, 5.41) is 30.7. The maximum atomic E-state index is 13.6. The molecule has 0 saturated heterocycles. The highest BCUT2D eigenvalue weighted by Gasteiger charge is 2.40. The summed E-state index contributed by atoms with van der Waals surface area (Å²) in [6, 6.07) is 4.20. The van der Waals surface area contributed by atoms with Gasteiger partial charge in [-0.15, -0.1) is 0 Å². The van der Waals surface area contributed by atoms with E-state index in [4.69, 9.17) is 0 Å². The summed E-state index contributed by atoms with van der Waals surface area (Å²) >= 11 is 0. The highest BCUT2D eigenvalue weighted by molar-refractivity contribution is 6.13. The van der Waals surface area contributed by atoms with Crippen LogP contribution in [0.1, 0.15) is 112 Å². The molecule has 5 aliphatic rings. The Hall–Kier alpha value is -3.94. The van der Waals surface area contributed by atoms with Crippen molar-refractivity contribution in [1.29, 1.82) is 0 Å². The summed E-state index contributed by atoms with van der Waals surface area (Å²) in [6.07, 6.45) is 10.6. The van der Waals surface area contributed by atoms with Gasteiger partial charge >= 0.3 is 0 Å². The van der Waals surface area contributed by atoms with Crippen LogP contribution < -0.4 is 20.4 Å². The molecule has 48 heavy (non-hydrogen) atoms. The van der Waals surface area contributed by atoms with Crippen LogP contribution >= 0.6 is 0 Å². The molecule has 2 amide bonds. The number of aliphatic hydroxyl groups excluding tert-OH is 2. The molecule has 0 spiro atoms. The molecule has 7 rings (SSSR count). The van der Waals surface area contributed by atoms with Crippen molar-refractivity contribution in [2.45, 2.75) is 105 Å². The fraction of sp³-hybridized carbons (Fsp3) is 0.550. The first-order chi connectivity index (χ1) is 23.3. The van der Waals surface area contributed by atoms with E-state index in [-0.39, 0.29) is 35.2 Å². The lowest BCUT2D eigenvalue weighted by molar-refractivity contribution is -0.120. The van der Waals surface area contributed by atoms with E-state index < -0.39 is 0 Å². The van der Waals surface area contributed by atoms with Gasteiger partial charge < -0.3 is 30.6 Å². The lowest BCUT2D eigenvalue weighted by atomic mass is 9.78. The van der Waals surface area contributed by atoms with Crippen LogP contribution in [0.4, 0.5) is 22.7 Å². The van der Waals surface area contributed by atoms with E-state index in [2.05, 4.69) is 32.6 Å². The number of hydrogen-bond donors (Lipinski definition) is 4. The lowest BCUT2D eigenvalue weighted by Crippen LogP contribution is -2.36. The van der Waals surface area contributed by atoms with Gasteiger partial charge in [-0.2, -0.15) is 0 Å². The van der Waals surface area contributed by atoms with Crippen LogP contribution in [-0.4, -0.2) is 48.2 Å². The number of aryl methyl sites for hydroxylation is 2. The van der Waals surface area contributed by atoms with E-state index >= 15 is 0 Å². The van der Waals surface area contributed by atoms with E-state index in [0.717, 1.165) is 126 Å². The van der Waals surface area contributed by atoms with Crippen LogP contribution in [0.5, 0.6) is 0 Å². The van der Waals surface area contributed by atoms with Crippen molar-refractivity contribution < 1.29 is 19.8 Å². The minimum Gasteiger partial charge on any atom is -0.506 e. The van der Waals surface area contributed by atoms with Crippen LogP contribution in [0.15, 0.2) is 23.7 Å².